The van der Waals surface area contributed by atoms with Crippen molar-refractivity contribution < 1.29 is 13.2 Å². The number of hydrogen-bond donors (Lipinski definition) is 2. The standard InChI is InChI=1S/C14H22N4O3S/c1-16-14(19)13-5-10(7-17(13)2)22(20,21)18-6-9-3-4-12(15)11(9)8-18/h5,7,9,11-12H,3-4,6,8,15H2,1-2H3,(H,16,19). The summed E-state index contributed by atoms with van der Waals surface area (Å²) in [5.74, 6) is 0.327. The third-order valence-electron chi connectivity index (χ3n) is 4.96. The number of amides is 1. The molecule has 1 saturated heterocycles. The van der Waals surface area contributed by atoms with Gasteiger partial charge in [0, 0.05) is 39.4 Å². The van der Waals surface area contributed by atoms with Crippen molar-refractivity contribution in [3.8, 4) is 0 Å². The van der Waals surface area contributed by atoms with Crippen LogP contribution in [-0.4, -0.2) is 49.4 Å². The topological polar surface area (TPSA) is 97.4 Å². The molecular weight excluding hydrogens is 304 g/mol. The highest BCUT2D eigenvalue weighted by Gasteiger charge is 2.45. The van der Waals surface area contributed by atoms with Crippen molar-refractivity contribution in [2.45, 2.75) is 23.8 Å². The number of carbonyl (C=O) groups excluding carboxylic acids is 1. The average molecular weight is 326 g/mol. The molecule has 3 unspecified atom stereocenters. The van der Waals surface area contributed by atoms with E-state index in [1.54, 1.807) is 7.05 Å². The van der Waals surface area contributed by atoms with Crippen LogP contribution in [0.3, 0.4) is 0 Å². The first-order chi connectivity index (χ1) is 10.3. The first kappa shape index (κ1) is 15.5. The summed E-state index contributed by atoms with van der Waals surface area (Å²) in [5.41, 5.74) is 6.40. The van der Waals surface area contributed by atoms with Gasteiger partial charge in [0.25, 0.3) is 5.91 Å². The molecule has 22 heavy (non-hydrogen) atoms. The van der Waals surface area contributed by atoms with Crippen LogP contribution in [-0.2, 0) is 17.1 Å². The smallest absolute Gasteiger partial charge is 0.267 e. The van der Waals surface area contributed by atoms with Crippen molar-refractivity contribution in [3.63, 3.8) is 0 Å². The minimum absolute atomic E-state index is 0.0994. The van der Waals surface area contributed by atoms with E-state index in [0.717, 1.165) is 12.8 Å². The second-order valence-electron chi connectivity index (χ2n) is 6.24. The maximum Gasteiger partial charge on any atom is 0.267 e. The Hall–Kier alpha value is -1.38. The lowest BCUT2D eigenvalue weighted by molar-refractivity contribution is 0.0955. The molecule has 1 aromatic heterocycles. The summed E-state index contributed by atoms with van der Waals surface area (Å²) in [5, 5.41) is 2.51. The number of nitrogens with zero attached hydrogens (tertiary/aromatic N) is 2. The molecule has 0 aromatic carbocycles. The van der Waals surface area contributed by atoms with Crippen molar-refractivity contribution >= 4 is 15.9 Å². The molecule has 0 spiro atoms. The maximum atomic E-state index is 12.8. The van der Waals surface area contributed by atoms with Gasteiger partial charge in [-0.25, -0.2) is 8.42 Å². The van der Waals surface area contributed by atoms with Gasteiger partial charge in [-0.15, -0.1) is 0 Å². The van der Waals surface area contributed by atoms with Crippen molar-refractivity contribution in [1.29, 1.82) is 0 Å². The highest BCUT2D eigenvalue weighted by molar-refractivity contribution is 7.89. The number of fused-ring (bicyclic) bond motifs is 1. The third-order valence-corrected chi connectivity index (χ3v) is 6.75. The third kappa shape index (κ3) is 2.35. The van der Waals surface area contributed by atoms with Gasteiger partial charge in [-0.05, 0) is 30.7 Å². The summed E-state index contributed by atoms with van der Waals surface area (Å²) in [4.78, 5) is 11.9. The molecule has 1 aliphatic heterocycles. The van der Waals surface area contributed by atoms with Crippen LogP contribution in [0.5, 0.6) is 0 Å². The second kappa shape index (κ2) is 5.36. The SMILES string of the molecule is CNC(=O)c1cc(S(=O)(=O)N2CC3CCC(N)C3C2)cn1C. The minimum atomic E-state index is -3.57. The fourth-order valence-corrected chi connectivity index (χ4v) is 5.25. The van der Waals surface area contributed by atoms with E-state index < -0.39 is 10.0 Å². The van der Waals surface area contributed by atoms with E-state index in [9.17, 15) is 13.2 Å². The zero-order valence-corrected chi connectivity index (χ0v) is 13.6. The molecule has 1 aromatic rings. The lowest BCUT2D eigenvalue weighted by atomic mass is 9.98. The van der Waals surface area contributed by atoms with Gasteiger partial charge in [-0.1, -0.05) is 0 Å². The largest absolute Gasteiger partial charge is 0.354 e. The number of carbonyl (C=O) groups is 1. The molecule has 2 heterocycles. The lowest BCUT2D eigenvalue weighted by Crippen LogP contribution is -2.33. The van der Waals surface area contributed by atoms with E-state index in [1.165, 1.54) is 28.2 Å². The van der Waals surface area contributed by atoms with Crippen LogP contribution < -0.4 is 11.1 Å². The van der Waals surface area contributed by atoms with Gasteiger partial charge in [0.05, 0.1) is 0 Å². The Labute approximate surface area is 130 Å². The summed E-state index contributed by atoms with van der Waals surface area (Å²) in [6, 6.07) is 1.53. The van der Waals surface area contributed by atoms with Gasteiger partial charge in [0.1, 0.15) is 10.6 Å². The zero-order chi connectivity index (χ0) is 16.1. The normalized spacial score (nSPS) is 28.8. The van der Waals surface area contributed by atoms with E-state index in [4.69, 9.17) is 5.73 Å². The van der Waals surface area contributed by atoms with Crippen LogP contribution >= 0.6 is 0 Å². The fourth-order valence-electron chi connectivity index (χ4n) is 3.64. The van der Waals surface area contributed by atoms with Crippen LogP contribution in [0.1, 0.15) is 23.3 Å². The summed E-state index contributed by atoms with van der Waals surface area (Å²) < 4.78 is 28.6. The molecule has 3 rings (SSSR count). The van der Waals surface area contributed by atoms with Gasteiger partial charge >= 0.3 is 0 Å². The summed E-state index contributed by atoms with van der Waals surface area (Å²) in [6.45, 7) is 1.02. The molecule has 1 amide bonds. The number of aromatic nitrogens is 1. The van der Waals surface area contributed by atoms with Gasteiger partial charge < -0.3 is 15.6 Å². The summed E-state index contributed by atoms with van der Waals surface area (Å²) in [6.07, 6.45) is 3.47. The first-order valence-corrected chi connectivity index (χ1v) is 8.92. The number of sulfonamides is 1. The predicted molar refractivity (Wildman–Crippen MR) is 81.8 cm³/mol. The van der Waals surface area contributed by atoms with Crippen molar-refractivity contribution in [2.24, 2.45) is 24.6 Å². The fraction of sp³-hybridized carbons (Fsp3) is 0.643. The quantitative estimate of drug-likeness (QED) is 0.800. The molecular formula is C14H22N4O3S. The Balaban J connectivity index is 1.87. The van der Waals surface area contributed by atoms with Gasteiger partial charge in [-0.3, -0.25) is 4.79 Å². The summed E-state index contributed by atoms with van der Waals surface area (Å²) >= 11 is 0. The molecule has 1 aliphatic carbocycles. The van der Waals surface area contributed by atoms with Gasteiger partial charge in [0.2, 0.25) is 10.0 Å². The molecule has 7 nitrogen and oxygen atoms in total. The van der Waals surface area contributed by atoms with E-state index in [2.05, 4.69) is 5.32 Å². The molecule has 2 fully saturated rings. The molecule has 8 heteroatoms. The molecule has 3 atom stereocenters. The Bertz CT molecular complexity index is 697. The van der Waals surface area contributed by atoms with Crippen LogP contribution in [0.15, 0.2) is 17.2 Å². The minimum Gasteiger partial charge on any atom is -0.354 e. The zero-order valence-electron chi connectivity index (χ0n) is 12.8. The maximum absolute atomic E-state index is 12.8. The monoisotopic (exact) mass is 326 g/mol. The number of rotatable bonds is 3. The molecule has 122 valence electrons. The Morgan fingerprint density at radius 1 is 1.36 bits per heavy atom. The number of nitrogens with two attached hydrogens (primary N) is 1. The second-order valence-corrected chi connectivity index (χ2v) is 8.18. The molecule has 0 radical (unpaired) electrons. The van der Waals surface area contributed by atoms with Gasteiger partial charge in [-0.2, -0.15) is 4.31 Å². The highest BCUT2D eigenvalue weighted by atomic mass is 32.2. The molecule has 0 bridgehead atoms. The van der Waals surface area contributed by atoms with E-state index in [-0.39, 0.29) is 22.8 Å². The number of nitrogens with one attached hydrogen (secondary N) is 1. The highest BCUT2D eigenvalue weighted by Crippen LogP contribution is 2.39. The van der Waals surface area contributed by atoms with E-state index in [0.29, 0.717) is 24.7 Å². The van der Waals surface area contributed by atoms with Crippen molar-refractivity contribution in [1.82, 2.24) is 14.2 Å². The molecule has 1 saturated carbocycles. The van der Waals surface area contributed by atoms with Crippen LogP contribution in [0.4, 0.5) is 0 Å². The lowest BCUT2D eigenvalue weighted by Gasteiger charge is -2.17. The number of hydrogen-bond acceptors (Lipinski definition) is 4. The van der Waals surface area contributed by atoms with Crippen LogP contribution in [0.25, 0.3) is 0 Å². The van der Waals surface area contributed by atoms with Crippen LogP contribution in [0.2, 0.25) is 0 Å². The molecule has 2 aliphatic rings. The predicted octanol–water partition coefficient (Wildman–Crippen LogP) is -0.257. The average Bonchev–Trinajstić information content (AvgIpc) is 3.15. The van der Waals surface area contributed by atoms with E-state index >= 15 is 0 Å². The Morgan fingerprint density at radius 3 is 2.73 bits per heavy atom. The Kier molecular flexibility index (Phi) is 3.78. The van der Waals surface area contributed by atoms with E-state index in [1.807, 2.05) is 0 Å². The Morgan fingerprint density at radius 2 is 2.09 bits per heavy atom. The van der Waals surface area contributed by atoms with Gasteiger partial charge in [0.15, 0.2) is 0 Å². The van der Waals surface area contributed by atoms with Crippen molar-refractivity contribution in [3.05, 3.63) is 18.0 Å². The number of aryl methyl sites for hydroxylation is 1. The molecule has 3 N–H and O–H groups in total. The van der Waals surface area contributed by atoms with Crippen molar-refractivity contribution in [2.75, 3.05) is 20.1 Å². The first-order valence-electron chi connectivity index (χ1n) is 7.48. The summed E-state index contributed by atoms with van der Waals surface area (Å²) in [7, 11) is -0.385. The van der Waals surface area contributed by atoms with Crippen LogP contribution in [0, 0.1) is 11.8 Å².